The molecule has 2 heterocycles. The van der Waals surface area contributed by atoms with Gasteiger partial charge < -0.3 is 5.32 Å². The second kappa shape index (κ2) is 11.9. The average molecular weight is 315 g/mol. The van der Waals surface area contributed by atoms with Gasteiger partial charge in [-0.1, -0.05) is 37.3 Å². The minimum Gasteiger partial charge on any atom is -0.370 e. The summed E-state index contributed by atoms with van der Waals surface area (Å²) in [6.45, 7) is 13.2. The Kier molecular flexibility index (Phi) is 10.1. The van der Waals surface area contributed by atoms with Crippen molar-refractivity contribution >= 4 is 5.82 Å². The van der Waals surface area contributed by atoms with Gasteiger partial charge in [0, 0.05) is 12.2 Å². The van der Waals surface area contributed by atoms with E-state index in [2.05, 4.69) is 44.1 Å². The van der Waals surface area contributed by atoms with Gasteiger partial charge >= 0.3 is 0 Å². The summed E-state index contributed by atoms with van der Waals surface area (Å²) >= 11 is 0. The Hall–Kier alpha value is -1.57. The van der Waals surface area contributed by atoms with Crippen molar-refractivity contribution < 1.29 is 0 Å². The maximum absolute atomic E-state index is 4.76. The van der Waals surface area contributed by atoms with E-state index in [0.29, 0.717) is 0 Å². The normalized spacial score (nSPS) is 12.6. The summed E-state index contributed by atoms with van der Waals surface area (Å²) < 4.78 is 0. The Morgan fingerprint density at radius 1 is 1.09 bits per heavy atom. The summed E-state index contributed by atoms with van der Waals surface area (Å²) in [5.74, 6) is 1.14. The summed E-state index contributed by atoms with van der Waals surface area (Å²) in [4.78, 5) is 4.76. The first kappa shape index (κ1) is 19.5. The lowest BCUT2D eigenvalue weighted by molar-refractivity contribution is 0.591. The lowest BCUT2D eigenvalue weighted by atomic mass is 10.0. The molecule has 1 aromatic rings. The van der Waals surface area contributed by atoms with Crippen molar-refractivity contribution in [2.24, 2.45) is 0 Å². The molecule has 1 aliphatic rings. The molecule has 0 saturated carbocycles. The Bertz CT molecular complexity index is 465. The van der Waals surface area contributed by atoms with E-state index in [9.17, 15) is 0 Å². The lowest BCUT2D eigenvalue weighted by Crippen LogP contribution is -2.13. The van der Waals surface area contributed by atoms with Gasteiger partial charge in [0.1, 0.15) is 5.82 Å². The zero-order valence-corrected chi connectivity index (χ0v) is 15.0. The Labute approximate surface area is 143 Å². The number of rotatable bonds is 9. The highest BCUT2D eigenvalue weighted by molar-refractivity contribution is 5.46. The van der Waals surface area contributed by atoms with E-state index < -0.39 is 0 Å². The van der Waals surface area contributed by atoms with Gasteiger partial charge in [0.05, 0.1) is 0 Å². The van der Waals surface area contributed by atoms with Gasteiger partial charge in [0.2, 0.25) is 0 Å². The first-order valence-corrected chi connectivity index (χ1v) is 9.13. The molecule has 2 heteroatoms. The van der Waals surface area contributed by atoms with Crippen LogP contribution in [0.4, 0.5) is 5.82 Å². The van der Waals surface area contributed by atoms with Crippen LogP contribution in [-0.2, 0) is 12.8 Å². The van der Waals surface area contributed by atoms with Crippen molar-refractivity contribution in [3.63, 3.8) is 0 Å². The Balaban J connectivity index is 0.00000127. The highest BCUT2D eigenvalue weighted by Crippen LogP contribution is 2.20. The minimum absolute atomic E-state index is 1.08. The van der Waals surface area contributed by atoms with E-state index >= 15 is 0 Å². The van der Waals surface area contributed by atoms with Crippen LogP contribution in [0.5, 0.6) is 0 Å². The molecule has 1 aromatic heterocycles. The fraction of sp³-hybridized carbons (Fsp3) is 0.571. The Morgan fingerprint density at radius 3 is 2.52 bits per heavy atom. The number of nitrogens with zero attached hydrogens (tertiary/aromatic N) is 1. The number of unbranched alkanes of at least 4 members (excludes halogenated alkanes) is 5. The van der Waals surface area contributed by atoms with Crippen LogP contribution in [0.1, 0.15) is 69.5 Å². The Morgan fingerprint density at radius 2 is 1.78 bits per heavy atom. The summed E-state index contributed by atoms with van der Waals surface area (Å²) in [6, 6.07) is 4.49. The summed E-state index contributed by atoms with van der Waals surface area (Å²) in [7, 11) is 0. The van der Waals surface area contributed by atoms with E-state index in [0.717, 1.165) is 18.8 Å². The summed E-state index contributed by atoms with van der Waals surface area (Å²) in [6.07, 6.45) is 12.7. The molecule has 0 unspecified atom stereocenters. The second-order valence-electron chi connectivity index (χ2n) is 6.42. The number of nitrogens with one attached hydrogen (secondary N) is 1. The molecule has 2 rings (SSSR count). The zero-order chi connectivity index (χ0) is 16.9. The highest BCUT2D eigenvalue weighted by Gasteiger charge is 2.09. The number of hydrogen-bond donors (Lipinski definition) is 1. The van der Waals surface area contributed by atoms with E-state index in [4.69, 9.17) is 4.98 Å². The molecule has 0 fully saturated rings. The van der Waals surface area contributed by atoms with Gasteiger partial charge in [-0.15, -0.1) is 19.7 Å². The van der Waals surface area contributed by atoms with Crippen LogP contribution < -0.4 is 5.32 Å². The van der Waals surface area contributed by atoms with E-state index in [1.807, 2.05) is 0 Å². The fourth-order valence-electron chi connectivity index (χ4n) is 2.95. The van der Waals surface area contributed by atoms with Crippen LogP contribution >= 0.6 is 0 Å². The maximum atomic E-state index is 4.76. The molecule has 0 bridgehead atoms. The van der Waals surface area contributed by atoms with Crippen LogP contribution in [0.15, 0.2) is 37.4 Å². The van der Waals surface area contributed by atoms with Crippen molar-refractivity contribution in [3.05, 3.63) is 48.7 Å². The standard InChI is InChI=1S/C19H30N2.C2H4/c1-16(2)10-7-5-3-4-6-8-12-18-14-13-17-11-9-15-20-19(17)21-18;1-2/h13-14H,1,3-12,15H2,2H3,(H,20,21);1-2H2. The van der Waals surface area contributed by atoms with E-state index in [1.54, 1.807) is 0 Å². The minimum atomic E-state index is 1.08. The molecular weight excluding hydrogens is 280 g/mol. The summed E-state index contributed by atoms with van der Waals surface area (Å²) in [5.41, 5.74) is 3.97. The third-order valence-electron chi connectivity index (χ3n) is 4.24. The quantitative estimate of drug-likeness (QED) is 0.440. The number of aromatic nitrogens is 1. The molecule has 1 N–H and O–H groups in total. The maximum Gasteiger partial charge on any atom is 0.129 e. The van der Waals surface area contributed by atoms with Crippen molar-refractivity contribution in [1.29, 1.82) is 0 Å². The second-order valence-corrected chi connectivity index (χ2v) is 6.42. The summed E-state index contributed by atoms with van der Waals surface area (Å²) in [5, 5.41) is 3.42. The molecule has 0 spiro atoms. The average Bonchev–Trinajstić information content (AvgIpc) is 2.58. The van der Waals surface area contributed by atoms with Crippen LogP contribution in [0.3, 0.4) is 0 Å². The van der Waals surface area contributed by atoms with Crippen LogP contribution in [0, 0.1) is 0 Å². The number of aryl methyl sites for hydroxylation is 2. The number of pyridine rings is 1. The zero-order valence-electron chi connectivity index (χ0n) is 15.0. The first-order chi connectivity index (χ1) is 11.3. The molecule has 0 amide bonds. The number of anilines is 1. The van der Waals surface area contributed by atoms with Gasteiger partial charge in [-0.3, -0.25) is 0 Å². The lowest BCUT2D eigenvalue weighted by Gasteiger charge is -2.17. The molecule has 0 radical (unpaired) electrons. The molecule has 0 saturated heterocycles. The van der Waals surface area contributed by atoms with Gasteiger partial charge in [0.25, 0.3) is 0 Å². The molecule has 0 aromatic carbocycles. The van der Waals surface area contributed by atoms with Crippen LogP contribution in [0.2, 0.25) is 0 Å². The van der Waals surface area contributed by atoms with Gasteiger partial charge in [-0.2, -0.15) is 0 Å². The molecule has 128 valence electrons. The van der Waals surface area contributed by atoms with Gasteiger partial charge in [0.15, 0.2) is 0 Å². The molecule has 0 atom stereocenters. The predicted molar refractivity (Wildman–Crippen MR) is 103 cm³/mol. The number of fused-ring (bicyclic) bond motifs is 1. The first-order valence-electron chi connectivity index (χ1n) is 9.13. The topological polar surface area (TPSA) is 24.9 Å². The van der Waals surface area contributed by atoms with Crippen LogP contribution in [-0.4, -0.2) is 11.5 Å². The third-order valence-corrected chi connectivity index (χ3v) is 4.24. The van der Waals surface area contributed by atoms with E-state index in [1.165, 1.54) is 74.6 Å². The SMILES string of the molecule is C=C.C=C(C)CCCCCCCCc1ccc2c(n1)NCCC2. The molecule has 0 aliphatic carbocycles. The van der Waals surface area contributed by atoms with Crippen molar-refractivity contribution in [1.82, 2.24) is 4.98 Å². The van der Waals surface area contributed by atoms with Crippen molar-refractivity contribution in [2.75, 3.05) is 11.9 Å². The highest BCUT2D eigenvalue weighted by atomic mass is 15.0. The van der Waals surface area contributed by atoms with Crippen LogP contribution in [0.25, 0.3) is 0 Å². The monoisotopic (exact) mass is 314 g/mol. The fourth-order valence-corrected chi connectivity index (χ4v) is 2.95. The largest absolute Gasteiger partial charge is 0.370 e. The van der Waals surface area contributed by atoms with Gasteiger partial charge in [-0.05, 0) is 57.1 Å². The predicted octanol–water partition coefficient (Wildman–Crippen LogP) is 6.09. The molecule has 23 heavy (non-hydrogen) atoms. The number of hydrogen-bond acceptors (Lipinski definition) is 2. The molecule has 2 nitrogen and oxygen atoms in total. The van der Waals surface area contributed by atoms with Crippen molar-refractivity contribution in [3.8, 4) is 0 Å². The van der Waals surface area contributed by atoms with Gasteiger partial charge in [-0.25, -0.2) is 4.98 Å². The molecule has 1 aliphatic heterocycles. The number of allylic oxidation sites excluding steroid dienone is 1. The van der Waals surface area contributed by atoms with E-state index in [-0.39, 0.29) is 0 Å². The smallest absolute Gasteiger partial charge is 0.129 e. The third kappa shape index (κ3) is 8.01. The van der Waals surface area contributed by atoms with Crippen molar-refractivity contribution in [2.45, 2.75) is 71.1 Å². The molecular formula is C21H34N2.